The van der Waals surface area contributed by atoms with Gasteiger partial charge in [0.1, 0.15) is 5.75 Å². The number of hydrogen-bond acceptors (Lipinski definition) is 2. The highest BCUT2D eigenvalue weighted by Crippen LogP contribution is 2.33. The average Bonchev–Trinajstić information content (AvgIpc) is 2.68. The van der Waals surface area contributed by atoms with Gasteiger partial charge >= 0.3 is 6.18 Å². The number of nitrogens with two attached hydrogens (primary N) is 1. The van der Waals surface area contributed by atoms with Crippen molar-refractivity contribution in [2.75, 3.05) is 6.61 Å². The Hall–Kier alpha value is -2.46. The number of rotatable bonds is 4. The second-order valence-corrected chi connectivity index (χ2v) is 5.65. The van der Waals surface area contributed by atoms with E-state index in [1.807, 2.05) is 0 Å². The summed E-state index contributed by atoms with van der Waals surface area (Å²) in [5.74, 6) is -0.138. The van der Waals surface area contributed by atoms with E-state index in [9.17, 15) is 18.0 Å². The van der Waals surface area contributed by atoms with Crippen molar-refractivity contribution in [2.24, 2.45) is 11.1 Å². The highest BCUT2D eigenvalue weighted by Gasteiger charge is 2.33. The van der Waals surface area contributed by atoms with E-state index in [1.54, 1.807) is 31.2 Å². The van der Waals surface area contributed by atoms with E-state index in [1.165, 1.54) is 6.07 Å². The molecule has 1 aromatic rings. The third kappa shape index (κ3) is 4.50. The van der Waals surface area contributed by atoms with Gasteiger partial charge in [-0.15, -0.1) is 5.73 Å². The summed E-state index contributed by atoms with van der Waals surface area (Å²) < 4.78 is 43.8. The Morgan fingerprint density at radius 1 is 1.43 bits per heavy atom. The molecule has 0 saturated carbocycles. The average molecular weight is 323 g/mol. The minimum absolute atomic E-state index is 0.150. The van der Waals surface area contributed by atoms with Gasteiger partial charge in [-0.1, -0.05) is 19.1 Å². The Balaban J connectivity index is 2.09. The molecule has 1 aromatic carbocycles. The standard InChI is InChI=1S/C17H16F3NO2/c1-16(8-3-5-13(7-9-16)17(18,19)20)11-23-14-6-2-4-12(10-14)15(21)22/h2,4-8,10H,9,11H2,1H3,(H2,21,22). The van der Waals surface area contributed by atoms with Gasteiger partial charge in [0.05, 0.1) is 12.2 Å². The van der Waals surface area contributed by atoms with E-state index < -0.39 is 23.1 Å². The normalized spacial score (nSPS) is 20.8. The van der Waals surface area contributed by atoms with Crippen LogP contribution in [0.5, 0.6) is 5.75 Å². The number of hydrogen-bond donors (Lipinski definition) is 1. The Morgan fingerprint density at radius 2 is 2.17 bits per heavy atom. The van der Waals surface area contributed by atoms with Crippen molar-refractivity contribution in [1.82, 2.24) is 0 Å². The monoisotopic (exact) mass is 323 g/mol. The molecule has 2 rings (SSSR count). The van der Waals surface area contributed by atoms with Gasteiger partial charge in [0.2, 0.25) is 5.91 Å². The van der Waals surface area contributed by atoms with E-state index in [0.717, 1.165) is 12.2 Å². The molecule has 1 atom stereocenters. The first-order chi connectivity index (χ1) is 10.7. The summed E-state index contributed by atoms with van der Waals surface area (Å²) in [4.78, 5) is 11.1. The summed E-state index contributed by atoms with van der Waals surface area (Å²) in [6.45, 7) is 1.93. The van der Waals surface area contributed by atoms with Crippen LogP contribution in [0.15, 0.2) is 53.8 Å². The fraction of sp³-hybridized carbons (Fsp3) is 0.294. The molecule has 122 valence electrons. The van der Waals surface area contributed by atoms with Crippen molar-refractivity contribution in [2.45, 2.75) is 19.5 Å². The minimum Gasteiger partial charge on any atom is -0.493 e. The van der Waals surface area contributed by atoms with Gasteiger partial charge in [0, 0.05) is 11.0 Å². The van der Waals surface area contributed by atoms with E-state index >= 15 is 0 Å². The number of ether oxygens (including phenoxy) is 1. The van der Waals surface area contributed by atoms with Crippen molar-refractivity contribution in [3.8, 4) is 5.75 Å². The van der Waals surface area contributed by atoms with Gasteiger partial charge in [-0.3, -0.25) is 4.79 Å². The van der Waals surface area contributed by atoms with Gasteiger partial charge in [-0.05, 0) is 36.8 Å². The van der Waals surface area contributed by atoms with E-state index in [2.05, 4.69) is 5.73 Å². The van der Waals surface area contributed by atoms with Gasteiger partial charge < -0.3 is 10.5 Å². The smallest absolute Gasteiger partial charge is 0.416 e. The van der Waals surface area contributed by atoms with Crippen LogP contribution in [-0.4, -0.2) is 18.7 Å². The number of carbonyl (C=O) groups excluding carboxylic acids is 1. The SMILES string of the molecule is CC1(COc2cccc(C(N)=O)c2)C=C=CC(C(F)(F)F)=CC1. The third-order valence-electron chi connectivity index (χ3n) is 3.47. The predicted molar refractivity (Wildman–Crippen MR) is 80.0 cm³/mol. The molecule has 0 saturated heterocycles. The van der Waals surface area contributed by atoms with Crippen molar-refractivity contribution in [1.29, 1.82) is 0 Å². The highest BCUT2D eigenvalue weighted by molar-refractivity contribution is 5.93. The van der Waals surface area contributed by atoms with Crippen molar-refractivity contribution in [3.05, 3.63) is 59.4 Å². The minimum atomic E-state index is -4.39. The van der Waals surface area contributed by atoms with Crippen LogP contribution in [0.1, 0.15) is 23.7 Å². The van der Waals surface area contributed by atoms with E-state index in [0.29, 0.717) is 11.3 Å². The maximum Gasteiger partial charge on any atom is 0.416 e. The summed E-state index contributed by atoms with van der Waals surface area (Å²) in [5, 5.41) is 0. The van der Waals surface area contributed by atoms with Gasteiger partial charge in [-0.25, -0.2) is 0 Å². The molecule has 2 N–H and O–H groups in total. The first-order valence-electron chi connectivity index (χ1n) is 6.93. The molecule has 23 heavy (non-hydrogen) atoms. The Kier molecular flexibility index (Phi) is 4.66. The maximum atomic E-state index is 12.7. The number of allylic oxidation sites excluding steroid dienone is 2. The zero-order valence-corrected chi connectivity index (χ0v) is 12.5. The second-order valence-electron chi connectivity index (χ2n) is 5.65. The number of amides is 1. The van der Waals surface area contributed by atoms with Crippen LogP contribution in [0.2, 0.25) is 0 Å². The molecule has 3 nitrogen and oxygen atoms in total. The molecular weight excluding hydrogens is 307 g/mol. The van der Waals surface area contributed by atoms with Crippen LogP contribution >= 0.6 is 0 Å². The van der Waals surface area contributed by atoms with E-state index in [4.69, 9.17) is 10.5 Å². The van der Waals surface area contributed by atoms with Crippen molar-refractivity contribution in [3.63, 3.8) is 0 Å². The second kappa shape index (κ2) is 6.34. The Bertz CT molecular complexity index is 700. The fourth-order valence-corrected chi connectivity index (χ4v) is 2.08. The predicted octanol–water partition coefficient (Wildman–Crippen LogP) is 3.77. The van der Waals surface area contributed by atoms with Crippen LogP contribution in [0.25, 0.3) is 0 Å². The van der Waals surface area contributed by atoms with Crippen molar-refractivity contribution >= 4 is 5.91 Å². The quantitative estimate of drug-likeness (QED) is 0.858. The largest absolute Gasteiger partial charge is 0.493 e. The molecule has 1 aliphatic rings. The molecule has 0 radical (unpaired) electrons. The lowest BCUT2D eigenvalue weighted by molar-refractivity contribution is -0.0884. The lowest BCUT2D eigenvalue weighted by atomic mass is 9.88. The molecule has 1 amide bonds. The van der Waals surface area contributed by atoms with E-state index in [-0.39, 0.29) is 13.0 Å². The lowest BCUT2D eigenvalue weighted by Gasteiger charge is -2.23. The topological polar surface area (TPSA) is 52.3 Å². The van der Waals surface area contributed by atoms with Gasteiger partial charge in [0.25, 0.3) is 0 Å². The summed E-state index contributed by atoms with van der Waals surface area (Å²) in [7, 11) is 0. The first kappa shape index (κ1) is 16.9. The highest BCUT2D eigenvalue weighted by atomic mass is 19.4. The molecule has 0 spiro atoms. The lowest BCUT2D eigenvalue weighted by Crippen LogP contribution is -2.22. The number of primary amides is 1. The van der Waals surface area contributed by atoms with Crippen LogP contribution < -0.4 is 10.5 Å². The zero-order valence-electron chi connectivity index (χ0n) is 12.5. The number of halogens is 3. The summed E-state index contributed by atoms with van der Waals surface area (Å²) in [6, 6.07) is 6.34. The number of benzene rings is 1. The number of alkyl halides is 3. The molecule has 6 heteroatoms. The van der Waals surface area contributed by atoms with Gasteiger partial charge in [0.15, 0.2) is 0 Å². The Morgan fingerprint density at radius 3 is 2.83 bits per heavy atom. The zero-order chi connectivity index (χ0) is 17.1. The molecule has 1 aliphatic carbocycles. The summed E-state index contributed by atoms with van der Waals surface area (Å²) in [5.41, 5.74) is 6.72. The van der Waals surface area contributed by atoms with Crippen LogP contribution in [0, 0.1) is 5.41 Å². The molecule has 0 fully saturated rings. The molecular formula is C17H16F3NO2. The van der Waals surface area contributed by atoms with Gasteiger partial charge in [-0.2, -0.15) is 13.2 Å². The third-order valence-corrected chi connectivity index (χ3v) is 3.47. The maximum absolute atomic E-state index is 12.7. The molecule has 0 heterocycles. The summed E-state index contributed by atoms with van der Waals surface area (Å²) >= 11 is 0. The van der Waals surface area contributed by atoms with Crippen LogP contribution in [0.4, 0.5) is 13.2 Å². The Labute approximate surface area is 131 Å². The molecule has 0 bridgehead atoms. The molecule has 0 aliphatic heterocycles. The summed E-state index contributed by atoms with van der Waals surface area (Å²) in [6.07, 6.45) is -0.581. The van der Waals surface area contributed by atoms with Crippen LogP contribution in [-0.2, 0) is 0 Å². The van der Waals surface area contributed by atoms with Crippen molar-refractivity contribution < 1.29 is 22.7 Å². The first-order valence-corrected chi connectivity index (χ1v) is 6.93. The molecule has 1 unspecified atom stereocenters. The molecule has 0 aromatic heterocycles. The van der Waals surface area contributed by atoms with Crippen LogP contribution in [0.3, 0.4) is 0 Å². The number of carbonyl (C=O) groups is 1. The fourth-order valence-electron chi connectivity index (χ4n) is 2.08.